The highest BCUT2D eigenvalue weighted by Gasteiger charge is 2.17. The van der Waals surface area contributed by atoms with E-state index in [0.29, 0.717) is 31.3 Å². The van der Waals surface area contributed by atoms with Crippen LogP contribution < -0.4 is 5.32 Å². The first kappa shape index (κ1) is 22.4. The van der Waals surface area contributed by atoms with E-state index in [1.54, 1.807) is 7.11 Å². The normalized spacial score (nSPS) is 14.9. The summed E-state index contributed by atoms with van der Waals surface area (Å²) in [5.41, 5.74) is 2.78. The number of nitrogens with one attached hydrogen (secondary N) is 1. The first-order valence-electron chi connectivity index (χ1n) is 10.4. The van der Waals surface area contributed by atoms with Crippen molar-refractivity contribution in [3.05, 3.63) is 53.2 Å². The van der Waals surface area contributed by atoms with Crippen molar-refractivity contribution in [1.82, 2.24) is 20.1 Å². The van der Waals surface area contributed by atoms with Gasteiger partial charge in [0.05, 0.1) is 26.4 Å². The average Bonchev–Trinajstić information content (AvgIpc) is 3.23. The first-order chi connectivity index (χ1) is 14.6. The zero-order valence-corrected chi connectivity index (χ0v) is 17.9. The SMILES string of the molecule is COCCNC(=O)c1coc(CN(CCN2CCOCC2)Cc2ccc(C)cc2)n1. The van der Waals surface area contributed by atoms with Crippen LogP contribution in [0.15, 0.2) is 34.9 Å². The van der Waals surface area contributed by atoms with E-state index in [1.165, 1.54) is 17.4 Å². The Morgan fingerprint density at radius 2 is 2.00 bits per heavy atom. The molecule has 0 saturated carbocycles. The quantitative estimate of drug-likeness (QED) is 0.559. The molecule has 1 fully saturated rings. The molecule has 1 N–H and O–H groups in total. The van der Waals surface area contributed by atoms with Crippen LogP contribution in [0.1, 0.15) is 27.5 Å². The van der Waals surface area contributed by atoms with Gasteiger partial charge in [0.25, 0.3) is 5.91 Å². The van der Waals surface area contributed by atoms with E-state index in [0.717, 1.165) is 45.9 Å². The number of oxazole rings is 1. The number of aromatic nitrogens is 1. The van der Waals surface area contributed by atoms with Crippen molar-refractivity contribution in [3.8, 4) is 0 Å². The van der Waals surface area contributed by atoms with Gasteiger partial charge in [-0.2, -0.15) is 0 Å². The van der Waals surface area contributed by atoms with Crippen LogP contribution in [0.2, 0.25) is 0 Å². The van der Waals surface area contributed by atoms with Gasteiger partial charge >= 0.3 is 0 Å². The standard InChI is InChI=1S/C22H32N4O4/c1-18-3-5-19(6-4-18)15-26(9-8-25-10-13-29-14-11-25)16-21-24-20(17-30-21)22(27)23-7-12-28-2/h3-6,17H,7-16H2,1-2H3,(H,23,27). The fourth-order valence-corrected chi connectivity index (χ4v) is 3.31. The van der Waals surface area contributed by atoms with Crippen LogP contribution in [0, 0.1) is 6.92 Å². The molecule has 0 aliphatic carbocycles. The molecule has 8 nitrogen and oxygen atoms in total. The largest absolute Gasteiger partial charge is 0.447 e. The molecule has 1 aliphatic heterocycles. The molecule has 0 atom stereocenters. The Balaban J connectivity index is 1.60. The number of aryl methyl sites for hydroxylation is 1. The van der Waals surface area contributed by atoms with Crippen molar-refractivity contribution in [2.24, 2.45) is 0 Å². The summed E-state index contributed by atoms with van der Waals surface area (Å²) in [5, 5.41) is 2.76. The van der Waals surface area contributed by atoms with Crippen LogP contribution in [-0.4, -0.2) is 80.3 Å². The molecule has 1 amide bonds. The minimum atomic E-state index is -0.250. The van der Waals surface area contributed by atoms with Crippen LogP contribution in [-0.2, 0) is 22.6 Å². The summed E-state index contributed by atoms with van der Waals surface area (Å²) in [5.74, 6) is 0.293. The molecule has 8 heteroatoms. The van der Waals surface area contributed by atoms with Crippen molar-refractivity contribution in [3.63, 3.8) is 0 Å². The van der Waals surface area contributed by atoms with E-state index in [4.69, 9.17) is 13.9 Å². The summed E-state index contributed by atoms with van der Waals surface area (Å²) in [6, 6.07) is 8.56. The van der Waals surface area contributed by atoms with Crippen LogP contribution in [0.3, 0.4) is 0 Å². The van der Waals surface area contributed by atoms with Crippen LogP contribution in [0.4, 0.5) is 0 Å². The molecule has 164 valence electrons. The number of carbonyl (C=O) groups excluding carboxylic acids is 1. The third-order valence-electron chi connectivity index (χ3n) is 5.10. The van der Waals surface area contributed by atoms with Crippen LogP contribution in [0.5, 0.6) is 0 Å². The minimum Gasteiger partial charge on any atom is -0.447 e. The number of hydrogen-bond donors (Lipinski definition) is 1. The lowest BCUT2D eigenvalue weighted by molar-refractivity contribution is 0.0320. The van der Waals surface area contributed by atoms with Gasteiger partial charge in [-0.25, -0.2) is 4.98 Å². The molecule has 1 saturated heterocycles. The third-order valence-corrected chi connectivity index (χ3v) is 5.10. The molecule has 0 bridgehead atoms. The lowest BCUT2D eigenvalue weighted by Gasteiger charge is -2.29. The fourth-order valence-electron chi connectivity index (χ4n) is 3.31. The van der Waals surface area contributed by atoms with E-state index in [9.17, 15) is 4.79 Å². The zero-order valence-electron chi connectivity index (χ0n) is 17.9. The number of ether oxygens (including phenoxy) is 2. The predicted molar refractivity (Wildman–Crippen MR) is 113 cm³/mol. The summed E-state index contributed by atoms with van der Waals surface area (Å²) in [7, 11) is 1.60. The first-order valence-corrected chi connectivity index (χ1v) is 10.4. The molecule has 2 heterocycles. The van der Waals surface area contributed by atoms with Gasteiger partial charge in [0, 0.05) is 46.4 Å². The average molecular weight is 417 g/mol. The van der Waals surface area contributed by atoms with E-state index in [-0.39, 0.29) is 5.91 Å². The summed E-state index contributed by atoms with van der Waals surface area (Å²) in [6.07, 6.45) is 1.42. The highest BCUT2D eigenvalue weighted by molar-refractivity contribution is 5.91. The number of methoxy groups -OCH3 is 1. The lowest BCUT2D eigenvalue weighted by atomic mass is 10.1. The van der Waals surface area contributed by atoms with E-state index < -0.39 is 0 Å². The second-order valence-electron chi connectivity index (χ2n) is 7.53. The number of morpholine rings is 1. The fraction of sp³-hybridized carbons (Fsp3) is 0.545. The Bertz CT molecular complexity index is 772. The summed E-state index contributed by atoms with van der Waals surface area (Å²) >= 11 is 0. The smallest absolute Gasteiger partial charge is 0.273 e. The van der Waals surface area contributed by atoms with Gasteiger partial charge < -0.3 is 19.2 Å². The van der Waals surface area contributed by atoms with Gasteiger partial charge in [-0.3, -0.25) is 14.6 Å². The number of benzene rings is 1. The number of rotatable bonds is 11. The molecule has 0 radical (unpaired) electrons. The number of carbonyl (C=O) groups is 1. The van der Waals surface area contributed by atoms with E-state index in [1.807, 2.05) is 0 Å². The maximum Gasteiger partial charge on any atom is 0.273 e. The predicted octanol–water partition coefficient (Wildman–Crippen LogP) is 1.69. The molecule has 30 heavy (non-hydrogen) atoms. The Morgan fingerprint density at radius 1 is 1.23 bits per heavy atom. The second-order valence-corrected chi connectivity index (χ2v) is 7.53. The Kier molecular flexibility index (Phi) is 8.82. The van der Waals surface area contributed by atoms with Crippen molar-refractivity contribution in [2.75, 3.05) is 59.7 Å². The van der Waals surface area contributed by atoms with Crippen molar-refractivity contribution in [2.45, 2.75) is 20.0 Å². The third kappa shape index (κ3) is 7.21. The minimum absolute atomic E-state index is 0.250. The van der Waals surface area contributed by atoms with Crippen molar-refractivity contribution < 1.29 is 18.7 Å². The topological polar surface area (TPSA) is 80.1 Å². The molecule has 0 spiro atoms. The highest BCUT2D eigenvalue weighted by Crippen LogP contribution is 2.12. The van der Waals surface area contributed by atoms with Gasteiger partial charge in [-0.05, 0) is 12.5 Å². The maximum absolute atomic E-state index is 12.2. The van der Waals surface area contributed by atoms with Gasteiger partial charge in [-0.15, -0.1) is 0 Å². The molecule has 0 unspecified atom stereocenters. The van der Waals surface area contributed by atoms with Crippen LogP contribution >= 0.6 is 0 Å². The van der Waals surface area contributed by atoms with Crippen molar-refractivity contribution in [1.29, 1.82) is 0 Å². The molecular weight excluding hydrogens is 384 g/mol. The van der Waals surface area contributed by atoms with Gasteiger partial charge in [0.1, 0.15) is 6.26 Å². The molecular formula is C22H32N4O4. The number of amides is 1. The van der Waals surface area contributed by atoms with E-state index >= 15 is 0 Å². The molecule has 1 aromatic heterocycles. The highest BCUT2D eigenvalue weighted by atomic mass is 16.5. The zero-order chi connectivity index (χ0) is 21.2. The second kappa shape index (κ2) is 11.8. The van der Waals surface area contributed by atoms with Crippen molar-refractivity contribution >= 4 is 5.91 Å². The van der Waals surface area contributed by atoms with Crippen LogP contribution in [0.25, 0.3) is 0 Å². The number of nitrogens with zero attached hydrogens (tertiary/aromatic N) is 3. The Labute approximate surface area is 178 Å². The Hall–Kier alpha value is -2.26. The van der Waals surface area contributed by atoms with Gasteiger partial charge in [0.2, 0.25) is 5.89 Å². The Morgan fingerprint density at radius 3 is 2.73 bits per heavy atom. The monoisotopic (exact) mass is 416 g/mol. The molecule has 3 rings (SSSR count). The summed E-state index contributed by atoms with van der Waals surface area (Å²) in [6.45, 7) is 9.67. The summed E-state index contributed by atoms with van der Waals surface area (Å²) in [4.78, 5) is 21.3. The number of hydrogen-bond acceptors (Lipinski definition) is 7. The molecule has 1 aromatic carbocycles. The summed E-state index contributed by atoms with van der Waals surface area (Å²) < 4.78 is 16.0. The molecule has 1 aliphatic rings. The maximum atomic E-state index is 12.2. The van der Waals surface area contributed by atoms with E-state index in [2.05, 4.69) is 51.3 Å². The molecule has 2 aromatic rings. The van der Waals surface area contributed by atoms with Gasteiger partial charge in [-0.1, -0.05) is 29.8 Å². The lowest BCUT2D eigenvalue weighted by Crippen LogP contribution is -2.41. The van der Waals surface area contributed by atoms with Gasteiger partial charge in [0.15, 0.2) is 5.69 Å².